The molecule has 1 rings (SSSR count). The Morgan fingerprint density at radius 1 is 0.812 bits per heavy atom. The molecular formula is C26H49NO5. The second kappa shape index (κ2) is 14.2. The molecule has 1 unspecified atom stereocenters. The van der Waals surface area contributed by atoms with Crippen molar-refractivity contribution in [2.24, 2.45) is 5.92 Å². The molecule has 0 aromatic rings. The molecule has 1 fully saturated rings. The van der Waals surface area contributed by atoms with E-state index in [0.717, 1.165) is 64.2 Å². The van der Waals surface area contributed by atoms with Gasteiger partial charge in [0.15, 0.2) is 5.92 Å². The second-order valence-electron chi connectivity index (χ2n) is 9.42. The number of methoxy groups -OCH3 is 2. The van der Waals surface area contributed by atoms with E-state index in [0.29, 0.717) is 0 Å². The van der Waals surface area contributed by atoms with E-state index in [1.54, 1.807) is 0 Å². The molecule has 0 aromatic heterocycles. The number of hydrogen-bond donors (Lipinski definition) is 0. The highest BCUT2D eigenvalue weighted by atomic mass is 16.7. The Kier molecular flexibility index (Phi) is 12.8. The number of rotatable bonds is 15. The van der Waals surface area contributed by atoms with Crippen molar-refractivity contribution in [3.05, 3.63) is 0 Å². The topological polar surface area (TPSA) is 65.1 Å². The Balaban J connectivity index is 3.26. The lowest BCUT2D eigenvalue weighted by Gasteiger charge is -2.57. The van der Waals surface area contributed by atoms with Gasteiger partial charge in [-0.15, -0.1) is 0 Å². The molecule has 0 spiro atoms. The molecule has 1 aliphatic heterocycles. The maximum atomic E-state index is 12.4. The summed E-state index contributed by atoms with van der Waals surface area (Å²) in [5.74, 6) is -2.06. The standard InChI is InChI=1S/C26H49NO5/c1-8-13-14-15-17-21(20-22(23(28)30-6)24(29)31-7)32-27-25(9-2,10-3)18-16-19-26(27,11-4)12-5/h21-22H,8-20H2,1-7H3. The minimum atomic E-state index is -0.957. The Morgan fingerprint density at radius 2 is 1.31 bits per heavy atom. The Labute approximate surface area is 196 Å². The van der Waals surface area contributed by atoms with Gasteiger partial charge in [-0.2, -0.15) is 5.06 Å². The van der Waals surface area contributed by atoms with Crippen molar-refractivity contribution < 1.29 is 23.9 Å². The number of esters is 2. The lowest BCUT2D eigenvalue weighted by atomic mass is 9.73. The fourth-order valence-electron chi connectivity index (χ4n) is 5.46. The van der Waals surface area contributed by atoms with Crippen LogP contribution in [0, 0.1) is 5.92 Å². The lowest BCUT2D eigenvalue weighted by molar-refractivity contribution is -0.325. The van der Waals surface area contributed by atoms with Gasteiger partial charge in [0.25, 0.3) is 0 Å². The number of hydrogen-bond acceptors (Lipinski definition) is 6. The summed E-state index contributed by atoms with van der Waals surface area (Å²) in [6.07, 6.45) is 12.8. The zero-order valence-electron chi connectivity index (χ0n) is 21.8. The smallest absolute Gasteiger partial charge is 0.320 e. The van der Waals surface area contributed by atoms with Crippen LogP contribution in [0.2, 0.25) is 0 Å². The van der Waals surface area contributed by atoms with Gasteiger partial charge in [0, 0.05) is 11.1 Å². The molecule has 188 valence electrons. The largest absolute Gasteiger partial charge is 0.468 e. The molecule has 0 aliphatic carbocycles. The molecule has 1 atom stereocenters. The van der Waals surface area contributed by atoms with Crippen LogP contribution in [0.25, 0.3) is 0 Å². The van der Waals surface area contributed by atoms with E-state index in [1.807, 2.05) is 0 Å². The number of nitrogens with zero attached hydrogens (tertiary/aromatic N) is 1. The maximum absolute atomic E-state index is 12.4. The van der Waals surface area contributed by atoms with Gasteiger partial charge in [-0.1, -0.05) is 60.3 Å². The van der Waals surface area contributed by atoms with Crippen molar-refractivity contribution >= 4 is 11.9 Å². The van der Waals surface area contributed by atoms with Crippen LogP contribution >= 0.6 is 0 Å². The van der Waals surface area contributed by atoms with Gasteiger partial charge in [-0.25, -0.2) is 0 Å². The van der Waals surface area contributed by atoms with E-state index in [-0.39, 0.29) is 23.6 Å². The molecule has 0 bridgehead atoms. The fraction of sp³-hybridized carbons (Fsp3) is 0.923. The summed E-state index contributed by atoms with van der Waals surface area (Å²) in [5, 5.41) is 2.33. The summed E-state index contributed by atoms with van der Waals surface area (Å²) >= 11 is 0. The Morgan fingerprint density at radius 3 is 1.72 bits per heavy atom. The zero-order valence-corrected chi connectivity index (χ0v) is 21.8. The average molecular weight is 456 g/mol. The van der Waals surface area contributed by atoms with Crippen LogP contribution in [0.4, 0.5) is 0 Å². The fourth-order valence-corrected chi connectivity index (χ4v) is 5.46. The van der Waals surface area contributed by atoms with Crippen LogP contribution in [-0.4, -0.2) is 48.4 Å². The highest BCUT2D eigenvalue weighted by Crippen LogP contribution is 2.47. The predicted octanol–water partition coefficient (Wildman–Crippen LogP) is 6.21. The maximum Gasteiger partial charge on any atom is 0.320 e. The van der Waals surface area contributed by atoms with Crippen molar-refractivity contribution in [2.75, 3.05) is 14.2 Å². The molecule has 0 radical (unpaired) electrons. The SMILES string of the molecule is CCCCCCC(CC(C(=O)OC)C(=O)OC)ON1C(CC)(CC)CCCC1(CC)CC. The summed E-state index contributed by atoms with van der Waals surface area (Å²) in [6.45, 7) is 11.2. The van der Waals surface area contributed by atoms with E-state index in [1.165, 1.54) is 27.1 Å². The molecule has 0 N–H and O–H groups in total. The van der Waals surface area contributed by atoms with Gasteiger partial charge in [0.05, 0.1) is 20.3 Å². The molecule has 1 heterocycles. The lowest BCUT2D eigenvalue weighted by Crippen LogP contribution is -2.63. The summed E-state index contributed by atoms with van der Waals surface area (Å²) in [7, 11) is 2.64. The Bertz CT molecular complexity index is 520. The normalized spacial score (nSPS) is 19.0. The van der Waals surface area contributed by atoms with E-state index in [4.69, 9.17) is 14.3 Å². The highest BCUT2D eigenvalue weighted by molar-refractivity contribution is 5.94. The van der Waals surface area contributed by atoms with Crippen LogP contribution in [0.5, 0.6) is 0 Å². The van der Waals surface area contributed by atoms with Crippen molar-refractivity contribution in [1.29, 1.82) is 0 Å². The molecule has 6 heteroatoms. The second-order valence-corrected chi connectivity index (χ2v) is 9.42. The first-order valence-electron chi connectivity index (χ1n) is 13.0. The number of hydroxylamine groups is 2. The molecule has 32 heavy (non-hydrogen) atoms. The van der Waals surface area contributed by atoms with Gasteiger partial charge in [0.1, 0.15) is 0 Å². The van der Waals surface area contributed by atoms with Gasteiger partial charge in [-0.3, -0.25) is 14.4 Å². The summed E-state index contributed by atoms with van der Waals surface area (Å²) in [6, 6.07) is 0. The van der Waals surface area contributed by atoms with Crippen LogP contribution in [0.15, 0.2) is 0 Å². The number of unbranched alkanes of at least 4 members (excludes halogenated alkanes) is 3. The van der Waals surface area contributed by atoms with E-state index < -0.39 is 17.9 Å². The van der Waals surface area contributed by atoms with Crippen molar-refractivity contribution in [3.8, 4) is 0 Å². The van der Waals surface area contributed by atoms with Gasteiger partial charge in [-0.05, 0) is 57.8 Å². The molecule has 0 saturated carbocycles. The van der Waals surface area contributed by atoms with Crippen molar-refractivity contribution in [1.82, 2.24) is 5.06 Å². The van der Waals surface area contributed by atoms with Gasteiger partial charge >= 0.3 is 11.9 Å². The molecular weight excluding hydrogens is 406 g/mol. The first-order chi connectivity index (χ1) is 15.3. The monoisotopic (exact) mass is 455 g/mol. The third-order valence-corrected chi connectivity index (χ3v) is 7.88. The first-order valence-corrected chi connectivity index (χ1v) is 13.0. The third kappa shape index (κ3) is 6.93. The van der Waals surface area contributed by atoms with Crippen molar-refractivity contribution in [3.63, 3.8) is 0 Å². The Hall–Kier alpha value is -1.14. The van der Waals surface area contributed by atoms with Crippen molar-refractivity contribution in [2.45, 2.75) is 135 Å². The van der Waals surface area contributed by atoms with Gasteiger partial charge in [0.2, 0.25) is 0 Å². The molecule has 6 nitrogen and oxygen atoms in total. The molecule has 1 saturated heterocycles. The van der Waals surface area contributed by atoms with E-state index >= 15 is 0 Å². The number of piperidine rings is 1. The van der Waals surface area contributed by atoms with Crippen LogP contribution in [-0.2, 0) is 23.9 Å². The third-order valence-electron chi connectivity index (χ3n) is 7.88. The number of ether oxygens (including phenoxy) is 2. The number of carbonyl (C=O) groups is 2. The van der Waals surface area contributed by atoms with Gasteiger partial charge < -0.3 is 9.47 Å². The minimum absolute atomic E-state index is 0.0159. The van der Waals surface area contributed by atoms with E-state index in [2.05, 4.69) is 39.7 Å². The van der Waals surface area contributed by atoms with Crippen LogP contribution < -0.4 is 0 Å². The van der Waals surface area contributed by atoms with E-state index in [9.17, 15) is 9.59 Å². The quantitative estimate of drug-likeness (QED) is 0.166. The minimum Gasteiger partial charge on any atom is -0.468 e. The first kappa shape index (κ1) is 28.9. The predicted molar refractivity (Wildman–Crippen MR) is 128 cm³/mol. The van der Waals surface area contributed by atoms with Crippen LogP contribution in [0.1, 0.15) is 118 Å². The highest BCUT2D eigenvalue weighted by Gasteiger charge is 2.50. The van der Waals surface area contributed by atoms with Crippen LogP contribution in [0.3, 0.4) is 0 Å². The molecule has 0 aromatic carbocycles. The molecule has 1 aliphatic rings. The summed E-state index contributed by atoms with van der Waals surface area (Å²) < 4.78 is 9.85. The molecule has 0 amide bonds. The number of carbonyl (C=O) groups excluding carboxylic acids is 2. The summed E-state index contributed by atoms with van der Waals surface area (Å²) in [4.78, 5) is 31.7. The summed E-state index contributed by atoms with van der Waals surface area (Å²) in [5.41, 5.74) is -0.0318. The average Bonchev–Trinajstić information content (AvgIpc) is 2.83. The zero-order chi connectivity index (χ0) is 24.2.